The fourth-order valence-electron chi connectivity index (χ4n) is 1.44. The fourth-order valence-corrected chi connectivity index (χ4v) is 2.72. The van der Waals surface area contributed by atoms with Crippen molar-refractivity contribution in [3.63, 3.8) is 0 Å². The first-order chi connectivity index (χ1) is 8.08. The van der Waals surface area contributed by atoms with E-state index in [4.69, 9.17) is 0 Å². The third-order valence-corrected chi connectivity index (χ3v) is 3.82. The molecule has 6 heteroatoms. The first-order valence-electron chi connectivity index (χ1n) is 5.18. The Hall–Kier alpha value is -1.14. The van der Waals surface area contributed by atoms with E-state index in [1.54, 1.807) is 23.0 Å². The molecule has 0 atom stereocenters. The van der Waals surface area contributed by atoms with Crippen LogP contribution in [0.2, 0.25) is 0 Å². The van der Waals surface area contributed by atoms with Crippen LogP contribution >= 0.6 is 27.3 Å². The predicted molar refractivity (Wildman–Crippen MR) is 72.6 cm³/mol. The normalized spacial score (nSPS) is 10.8. The van der Waals surface area contributed by atoms with Crippen LogP contribution in [0.5, 0.6) is 0 Å². The summed E-state index contributed by atoms with van der Waals surface area (Å²) in [5, 5.41) is 7.02. The van der Waals surface area contributed by atoms with Crippen LogP contribution in [0.1, 0.15) is 29.6 Å². The summed E-state index contributed by atoms with van der Waals surface area (Å²) in [7, 11) is 0. The summed E-state index contributed by atoms with van der Waals surface area (Å²) in [6.45, 7) is 4.04. The average Bonchev–Trinajstić information content (AvgIpc) is 2.86. The largest absolute Gasteiger partial charge is 0.306 e. The van der Waals surface area contributed by atoms with E-state index in [9.17, 15) is 4.79 Å². The Kier molecular flexibility index (Phi) is 3.63. The number of anilines is 1. The van der Waals surface area contributed by atoms with Gasteiger partial charge < -0.3 is 5.32 Å². The van der Waals surface area contributed by atoms with Crippen molar-refractivity contribution in [3.05, 3.63) is 33.1 Å². The molecule has 2 aromatic heterocycles. The molecule has 2 aromatic rings. The molecule has 1 N–H and O–H groups in total. The van der Waals surface area contributed by atoms with Crippen molar-refractivity contribution in [2.24, 2.45) is 0 Å². The van der Waals surface area contributed by atoms with Crippen molar-refractivity contribution in [1.82, 2.24) is 9.78 Å². The monoisotopic (exact) mass is 313 g/mol. The van der Waals surface area contributed by atoms with E-state index in [1.165, 1.54) is 11.3 Å². The maximum atomic E-state index is 11.9. The average molecular weight is 314 g/mol. The van der Waals surface area contributed by atoms with Crippen LogP contribution in [0.3, 0.4) is 0 Å². The molecule has 2 rings (SSSR count). The van der Waals surface area contributed by atoms with Gasteiger partial charge in [0.25, 0.3) is 5.91 Å². The number of carbonyl (C=O) groups is 1. The number of nitrogens with one attached hydrogen (secondary N) is 1. The van der Waals surface area contributed by atoms with Crippen molar-refractivity contribution in [3.8, 4) is 0 Å². The van der Waals surface area contributed by atoms with Crippen LogP contribution in [0.25, 0.3) is 0 Å². The lowest BCUT2D eigenvalue weighted by atomic mass is 10.4. The molecule has 2 heterocycles. The van der Waals surface area contributed by atoms with Gasteiger partial charge in [-0.1, -0.05) is 0 Å². The van der Waals surface area contributed by atoms with Gasteiger partial charge >= 0.3 is 0 Å². The molecule has 90 valence electrons. The molecule has 0 aliphatic carbocycles. The van der Waals surface area contributed by atoms with Gasteiger partial charge in [-0.25, -0.2) is 4.68 Å². The molecule has 0 radical (unpaired) electrons. The van der Waals surface area contributed by atoms with Gasteiger partial charge in [-0.15, -0.1) is 11.3 Å². The van der Waals surface area contributed by atoms with E-state index in [-0.39, 0.29) is 11.9 Å². The molecule has 4 nitrogen and oxygen atoms in total. The van der Waals surface area contributed by atoms with E-state index < -0.39 is 0 Å². The molecule has 17 heavy (non-hydrogen) atoms. The second kappa shape index (κ2) is 5.01. The maximum absolute atomic E-state index is 11.9. The summed E-state index contributed by atoms with van der Waals surface area (Å²) in [5.41, 5.74) is 0. The van der Waals surface area contributed by atoms with E-state index in [1.807, 2.05) is 19.9 Å². The van der Waals surface area contributed by atoms with Crippen molar-refractivity contribution >= 4 is 39.0 Å². The predicted octanol–water partition coefficient (Wildman–Crippen LogP) is 3.54. The molecular weight excluding hydrogens is 302 g/mol. The van der Waals surface area contributed by atoms with Crippen molar-refractivity contribution in [2.75, 3.05) is 5.32 Å². The topological polar surface area (TPSA) is 46.9 Å². The number of thiophene rings is 1. The summed E-state index contributed by atoms with van der Waals surface area (Å²) in [4.78, 5) is 12.6. The van der Waals surface area contributed by atoms with Gasteiger partial charge in [-0.05, 0) is 41.9 Å². The van der Waals surface area contributed by atoms with E-state index >= 15 is 0 Å². The third kappa shape index (κ3) is 2.76. The van der Waals surface area contributed by atoms with Gasteiger partial charge in [-0.3, -0.25) is 4.79 Å². The standard InChI is InChI=1S/C11H12BrN3OS/c1-7(2)15-10(5-6-13-15)14-11(16)8-3-4-9(12)17-8/h3-7H,1-2H3,(H,14,16). The molecule has 1 amide bonds. The zero-order chi connectivity index (χ0) is 12.4. The Morgan fingerprint density at radius 1 is 1.47 bits per heavy atom. The smallest absolute Gasteiger partial charge is 0.266 e. The SMILES string of the molecule is CC(C)n1nccc1NC(=O)c1ccc(Br)s1. The van der Waals surface area contributed by atoms with Crippen LogP contribution in [-0.2, 0) is 0 Å². The number of rotatable bonds is 3. The highest BCUT2D eigenvalue weighted by molar-refractivity contribution is 9.11. The van der Waals surface area contributed by atoms with Gasteiger partial charge in [0, 0.05) is 12.1 Å². The first-order valence-corrected chi connectivity index (χ1v) is 6.79. The van der Waals surface area contributed by atoms with Crippen molar-refractivity contribution < 1.29 is 4.79 Å². The van der Waals surface area contributed by atoms with Gasteiger partial charge in [0.2, 0.25) is 0 Å². The molecular formula is C11H12BrN3OS. The van der Waals surface area contributed by atoms with Crippen LogP contribution < -0.4 is 5.32 Å². The van der Waals surface area contributed by atoms with E-state index in [0.29, 0.717) is 4.88 Å². The third-order valence-electron chi connectivity index (χ3n) is 2.20. The quantitative estimate of drug-likeness (QED) is 0.942. The number of amides is 1. The summed E-state index contributed by atoms with van der Waals surface area (Å²) in [6.07, 6.45) is 1.68. The second-order valence-electron chi connectivity index (χ2n) is 3.81. The zero-order valence-electron chi connectivity index (χ0n) is 9.48. The minimum Gasteiger partial charge on any atom is -0.306 e. The summed E-state index contributed by atoms with van der Waals surface area (Å²) < 4.78 is 2.72. The Morgan fingerprint density at radius 2 is 2.24 bits per heavy atom. The van der Waals surface area contributed by atoms with E-state index in [2.05, 4.69) is 26.3 Å². The van der Waals surface area contributed by atoms with Gasteiger partial charge in [0.05, 0.1) is 14.9 Å². The van der Waals surface area contributed by atoms with Crippen molar-refractivity contribution in [1.29, 1.82) is 0 Å². The number of hydrogen-bond donors (Lipinski definition) is 1. The van der Waals surface area contributed by atoms with E-state index in [0.717, 1.165) is 9.60 Å². The highest BCUT2D eigenvalue weighted by Gasteiger charge is 2.12. The number of hydrogen-bond acceptors (Lipinski definition) is 3. The molecule has 0 saturated carbocycles. The van der Waals surface area contributed by atoms with Crippen LogP contribution in [0.4, 0.5) is 5.82 Å². The minimum absolute atomic E-state index is 0.108. The summed E-state index contributed by atoms with van der Waals surface area (Å²) in [6, 6.07) is 5.66. The number of halogens is 1. The highest BCUT2D eigenvalue weighted by atomic mass is 79.9. The van der Waals surface area contributed by atoms with Gasteiger partial charge in [0.1, 0.15) is 5.82 Å². The number of aromatic nitrogens is 2. The maximum Gasteiger partial charge on any atom is 0.266 e. The first kappa shape index (κ1) is 12.3. The lowest BCUT2D eigenvalue weighted by molar-refractivity contribution is 0.102. The Morgan fingerprint density at radius 3 is 2.82 bits per heavy atom. The molecule has 0 aliphatic heterocycles. The van der Waals surface area contributed by atoms with Crippen LogP contribution in [0.15, 0.2) is 28.2 Å². The van der Waals surface area contributed by atoms with Gasteiger partial charge in [-0.2, -0.15) is 5.10 Å². The number of nitrogens with zero attached hydrogens (tertiary/aromatic N) is 2. The van der Waals surface area contributed by atoms with Crippen molar-refractivity contribution in [2.45, 2.75) is 19.9 Å². The van der Waals surface area contributed by atoms with Crippen LogP contribution in [-0.4, -0.2) is 15.7 Å². The Balaban J connectivity index is 2.16. The zero-order valence-corrected chi connectivity index (χ0v) is 11.9. The molecule has 0 aliphatic rings. The molecule has 0 aromatic carbocycles. The molecule has 0 fully saturated rings. The summed E-state index contributed by atoms with van der Waals surface area (Å²) in [5.74, 6) is 0.609. The Labute approximate surface area is 112 Å². The van der Waals surface area contributed by atoms with Gasteiger partial charge in [0.15, 0.2) is 0 Å². The molecule has 0 unspecified atom stereocenters. The van der Waals surface area contributed by atoms with Crippen LogP contribution in [0, 0.1) is 0 Å². The lowest BCUT2D eigenvalue weighted by Gasteiger charge is -2.10. The number of carbonyl (C=O) groups excluding carboxylic acids is 1. The minimum atomic E-state index is -0.108. The molecule has 0 bridgehead atoms. The lowest BCUT2D eigenvalue weighted by Crippen LogP contribution is -2.15. The molecule has 0 saturated heterocycles. The second-order valence-corrected chi connectivity index (χ2v) is 6.28. The highest BCUT2D eigenvalue weighted by Crippen LogP contribution is 2.23. The molecule has 0 spiro atoms. The summed E-state index contributed by atoms with van der Waals surface area (Å²) >= 11 is 4.74. The fraction of sp³-hybridized carbons (Fsp3) is 0.273. The Bertz CT molecular complexity index is 532.